The first kappa shape index (κ1) is 13.5. The summed E-state index contributed by atoms with van der Waals surface area (Å²) in [7, 11) is 1.78. The van der Waals surface area contributed by atoms with Crippen molar-refractivity contribution in [2.45, 2.75) is 53.4 Å². The SMILES string of the molecule is COC1=NCCCC1(CC(C)C)CC(C)C. The first-order valence-electron chi connectivity index (χ1n) is 6.59. The molecule has 0 spiro atoms. The van der Waals surface area contributed by atoms with Crippen molar-refractivity contribution in [3.8, 4) is 0 Å². The molecule has 0 bridgehead atoms. The zero-order valence-electron chi connectivity index (χ0n) is 11.5. The summed E-state index contributed by atoms with van der Waals surface area (Å²) in [6.07, 6.45) is 4.87. The summed E-state index contributed by atoms with van der Waals surface area (Å²) in [5.41, 5.74) is 0.218. The van der Waals surface area contributed by atoms with Gasteiger partial charge in [0.2, 0.25) is 0 Å². The Labute approximate surface area is 100 Å². The van der Waals surface area contributed by atoms with E-state index in [4.69, 9.17) is 4.74 Å². The standard InChI is InChI=1S/C14H27NO/c1-11(2)9-14(10-12(3)4)7-6-8-15-13(14)16-5/h11-12H,6-10H2,1-5H3. The minimum Gasteiger partial charge on any atom is -0.484 e. The number of hydrogen-bond acceptors (Lipinski definition) is 2. The molecule has 0 radical (unpaired) electrons. The van der Waals surface area contributed by atoms with E-state index in [1.165, 1.54) is 25.7 Å². The van der Waals surface area contributed by atoms with Crippen LogP contribution in [0.4, 0.5) is 0 Å². The van der Waals surface area contributed by atoms with Crippen LogP contribution in [0.3, 0.4) is 0 Å². The van der Waals surface area contributed by atoms with Crippen molar-refractivity contribution in [1.29, 1.82) is 0 Å². The highest BCUT2D eigenvalue weighted by Gasteiger charge is 2.39. The fourth-order valence-electron chi connectivity index (χ4n) is 3.18. The van der Waals surface area contributed by atoms with Crippen molar-refractivity contribution in [3.63, 3.8) is 0 Å². The lowest BCUT2D eigenvalue weighted by molar-refractivity contribution is 0.188. The molecule has 1 aliphatic rings. The molecule has 2 nitrogen and oxygen atoms in total. The third-order valence-corrected chi connectivity index (χ3v) is 3.31. The fraction of sp³-hybridized carbons (Fsp3) is 0.929. The highest BCUT2D eigenvalue weighted by atomic mass is 16.5. The molecule has 0 aliphatic carbocycles. The molecule has 2 heteroatoms. The second-order valence-corrected chi connectivity index (χ2v) is 5.97. The Bertz CT molecular complexity index is 233. The van der Waals surface area contributed by atoms with Gasteiger partial charge in [-0.25, -0.2) is 0 Å². The summed E-state index contributed by atoms with van der Waals surface area (Å²) < 4.78 is 5.56. The van der Waals surface area contributed by atoms with Crippen LogP contribution in [0.25, 0.3) is 0 Å². The van der Waals surface area contributed by atoms with Crippen molar-refractivity contribution in [1.82, 2.24) is 0 Å². The Balaban J connectivity index is 2.91. The molecule has 0 aromatic heterocycles. The molecule has 0 aromatic carbocycles. The number of aliphatic imine (C=N–C) groups is 1. The van der Waals surface area contributed by atoms with Gasteiger partial charge in [-0.2, -0.15) is 0 Å². The van der Waals surface area contributed by atoms with Crippen molar-refractivity contribution in [2.24, 2.45) is 22.2 Å². The average molecular weight is 225 g/mol. The molecule has 1 rings (SSSR count). The lowest BCUT2D eigenvalue weighted by Crippen LogP contribution is -2.38. The highest BCUT2D eigenvalue weighted by molar-refractivity contribution is 5.83. The van der Waals surface area contributed by atoms with Gasteiger partial charge >= 0.3 is 0 Å². The summed E-state index contributed by atoms with van der Waals surface area (Å²) >= 11 is 0. The van der Waals surface area contributed by atoms with E-state index in [1.807, 2.05) is 0 Å². The molecule has 16 heavy (non-hydrogen) atoms. The third-order valence-electron chi connectivity index (χ3n) is 3.31. The maximum Gasteiger partial charge on any atom is 0.189 e. The van der Waals surface area contributed by atoms with Crippen LogP contribution in [0.15, 0.2) is 4.99 Å². The summed E-state index contributed by atoms with van der Waals surface area (Å²) in [5, 5.41) is 0. The predicted molar refractivity (Wildman–Crippen MR) is 69.9 cm³/mol. The topological polar surface area (TPSA) is 21.6 Å². The number of rotatable bonds is 4. The second kappa shape index (κ2) is 5.70. The molecule has 0 fully saturated rings. The van der Waals surface area contributed by atoms with E-state index in [9.17, 15) is 0 Å². The minimum absolute atomic E-state index is 0.218. The van der Waals surface area contributed by atoms with Gasteiger partial charge in [-0.3, -0.25) is 4.99 Å². The normalized spacial score (nSPS) is 20.1. The maximum atomic E-state index is 5.56. The van der Waals surface area contributed by atoms with Gasteiger partial charge in [0.15, 0.2) is 5.90 Å². The quantitative estimate of drug-likeness (QED) is 0.711. The Morgan fingerprint density at radius 1 is 1.19 bits per heavy atom. The van der Waals surface area contributed by atoms with E-state index in [0.717, 1.165) is 12.4 Å². The van der Waals surface area contributed by atoms with Crippen LogP contribution in [-0.2, 0) is 4.74 Å². The van der Waals surface area contributed by atoms with Crippen LogP contribution in [0, 0.1) is 17.3 Å². The Morgan fingerprint density at radius 3 is 2.19 bits per heavy atom. The van der Waals surface area contributed by atoms with E-state index >= 15 is 0 Å². The number of nitrogens with zero attached hydrogens (tertiary/aromatic N) is 1. The summed E-state index contributed by atoms with van der Waals surface area (Å²) in [6.45, 7) is 10.1. The number of methoxy groups -OCH3 is 1. The van der Waals surface area contributed by atoms with Gasteiger partial charge in [-0.15, -0.1) is 0 Å². The lowest BCUT2D eigenvalue weighted by Gasteiger charge is -2.39. The van der Waals surface area contributed by atoms with Crippen molar-refractivity contribution in [3.05, 3.63) is 0 Å². The van der Waals surface area contributed by atoms with Crippen LogP contribution < -0.4 is 0 Å². The van der Waals surface area contributed by atoms with E-state index < -0.39 is 0 Å². The van der Waals surface area contributed by atoms with Gasteiger partial charge in [0.1, 0.15) is 0 Å². The van der Waals surface area contributed by atoms with Crippen molar-refractivity contribution < 1.29 is 4.74 Å². The van der Waals surface area contributed by atoms with Gasteiger partial charge in [-0.05, 0) is 37.5 Å². The molecule has 0 amide bonds. The molecule has 0 saturated carbocycles. The minimum atomic E-state index is 0.218. The zero-order chi connectivity index (χ0) is 12.2. The monoisotopic (exact) mass is 225 g/mol. The fourth-order valence-corrected chi connectivity index (χ4v) is 3.18. The molecule has 0 saturated heterocycles. The van der Waals surface area contributed by atoms with Gasteiger partial charge < -0.3 is 4.74 Å². The summed E-state index contributed by atoms with van der Waals surface area (Å²) in [6, 6.07) is 0. The molecule has 94 valence electrons. The highest BCUT2D eigenvalue weighted by Crippen LogP contribution is 2.41. The molecule has 0 aromatic rings. The van der Waals surface area contributed by atoms with Crippen LogP contribution in [-0.4, -0.2) is 19.6 Å². The number of ether oxygens (including phenoxy) is 1. The van der Waals surface area contributed by atoms with Gasteiger partial charge in [0.25, 0.3) is 0 Å². The van der Waals surface area contributed by atoms with E-state index in [0.29, 0.717) is 11.8 Å². The zero-order valence-corrected chi connectivity index (χ0v) is 11.5. The van der Waals surface area contributed by atoms with E-state index in [2.05, 4.69) is 32.7 Å². The van der Waals surface area contributed by atoms with Gasteiger partial charge in [-0.1, -0.05) is 27.7 Å². The molecular formula is C14H27NO. The smallest absolute Gasteiger partial charge is 0.189 e. The molecule has 1 heterocycles. The lowest BCUT2D eigenvalue weighted by atomic mass is 9.70. The van der Waals surface area contributed by atoms with E-state index in [-0.39, 0.29) is 5.41 Å². The van der Waals surface area contributed by atoms with Crippen LogP contribution >= 0.6 is 0 Å². The Morgan fingerprint density at radius 2 is 1.75 bits per heavy atom. The summed E-state index contributed by atoms with van der Waals surface area (Å²) in [4.78, 5) is 4.60. The Kier molecular flexibility index (Phi) is 4.82. The predicted octanol–water partition coefficient (Wildman–Crippen LogP) is 3.90. The molecular weight excluding hydrogens is 198 g/mol. The summed E-state index contributed by atoms with van der Waals surface area (Å²) in [5.74, 6) is 2.43. The number of hydrogen-bond donors (Lipinski definition) is 0. The van der Waals surface area contributed by atoms with E-state index in [1.54, 1.807) is 7.11 Å². The third kappa shape index (κ3) is 3.23. The first-order chi connectivity index (χ1) is 7.50. The van der Waals surface area contributed by atoms with Crippen molar-refractivity contribution in [2.75, 3.05) is 13.7 Å². The molecule has 0 N–H and O–H groups in total. The van der Waals surface area contributed by atoms with Crippen LogP contribution in [0.1, 0.15) is 53.4 Å². The van der Waals surface area contributed by atoms with Gasteiger partial charge in [0.05, 0.1) is 7.11 Å². The van der Waals surface area contributed by atoms with Crippen LogP contribution in [0.2, 0.25) is 0 Å². The van der Waals surface area contributed by atoms with Crippen LogP contribution in [0.5, 0.6) is 0 Å². The molecule has 0 atom stereocenters. The average Bonchev–Trinajstić information content (AvgIpc) is 2.15. The largest absolute Gasteiger partial charge is 0.484 e. The molecule has 0 unspecified atom stereocenters. The van der Waals surface area contributed by atoms with Gasteiger partial charge in [0, 0.05) is 12.0 Å². The van der Waals surface area contributed by atoms with Crippen molar-refractivity contribution >= 4 is 5.90 Å². The first-order valence-corrected chi connectivity index (χ1v) is 6.59. The maximum absolute atomic E-state index is 5.56. The Hall–Kier alpha value is -0.530. The second-order valence-electron chi connectivity index (χ2n) is 5.97. The molecule has 1 aliphatic heterocycles.